The molecule has 1 aliphatic rings. The molecule has 1 aromatic rings. The molecule has 2 nitrogen and oxygen atoms in total. The van der Waals surface area contributed by atoms with Crippen molar-refractivity contribution >= 4 is 27.3 Å². The van der Waals surface area contributed by atoms with Crippen LogP contribution >= 0.6 is 27.3 Å². The fraction of sp³-hybridized carbons (Fsp3) is 0.692. The largest absolute Gasteiger partial charge is 0.388 e. The Hall–Kier alpha value is 0.100. The smallest absolute Gasteiger partial charge is 0.0896 e. The number of thiophene rings is 1. The average molecular weight is 319 g/mol. The van der Waals surface area contributed by atoms with Crippen molar-refractivity contribution in [2.45, 2.75) is 45.3 Å². The van der Waals surface area contributed by atoms with Gasteiger partial charge in [0.2, 0.25) is 0 Å². The van der Waals surface area contributed by atoms with E-state index in [1.54, 1.807) is 11.3 Å². The minimum Gasteiger partial charge on any atom is -0.388 e. The lowest BCUT2D eigenvalue weighted by atomic mass is 9.78. The fourth-order valence-corrected chi connectivity index (χ4v) is 4.30. The first-order valence-electron chi connectivity index (χ1n) is 6.15. The van der Waals surface area contributed by atoms with Gasteiger partial charge in [-0.15, -0.1) is 11.3 Å². The van der Waals surface area contributed by atoms with Gasteiger partial charge in [-0.25, -0.2) is 0 Å². The zero-order valence-electron chi connectivity index (χ0n) is 10.3. The van der Waals surface area contributed by atoms with E-state index < -0.39 is 0 Å². The van der Waals surface area contributed by atoms with E-state index in [0.29, 0.717) is 12.0 Å². The molecule has 0 saturated heterocycles. The van der Waals surface area contributed by atoms with E-state index in [0.717, 1.165) is 35.2 Å². The fourth-order valence-electron chi connectivity index (χ4n) is 2.39. The summed E-state index contributed by atoms with van der Waals surface area (Å²) in [6.45, 7) is 4.91. The summed E-state index contributed by atoms with van der Waals surface area (Å²) in [5, 5.41) is 10.2. The first-order valence-corrected chi connectivity index (χ1v) is 7.76. The molecule has 96 valence electrons. The summed E-state index contributed by atoms with van der Waals surface area (Å²) in [5.74, 6) is 0.621. The molecule has 1 aromatic heterocycles. The highest BCUT2D eigenvalue weighted by atomic mass is 79.9. The van der Waals surface area contributed by atoms with Crippen LogP contribution in [-0.2, 0) is 4.74 Å². The van der Waals surface area contributed by atoms with E-state index in [9.17, 15) is 5.11 Å². The number of halogens is 1. The number of aliphatic hydroxyl groups is 1. The van der Waals surface area contributed by atoms with Crippen LogP contribution < -0.4 is 0 Å². The van der Waals surface area contributed by atoms with E-state index in [4.69, 9.17) is 4.74 Å². The van der Waals surface area contributed by atoms with E-state index in [1.165, 1.54) is 4.88 Å². The Bertz CT molecular complexity index is 371. The van der Waals surface area contributed by atoms with Gasteiger partial charge in [0.15, 0.2) is 0 Å². The number of rotatable bonds is 5. The second-order valence-electron chi connectivity index (χ2n) is 4.74. The van der Waals surface area contributed by atoms with Crippen molar-refractivity contribution in [2.75, 3.05) is 6.61 Å². The molecular weight excluding hydrogens is 300 g/mol. The summed E-state index contributed by atoms with van der Waals surface area (Å²) < 4.78 is 6.58. The summed E-state index contributed by atoms with van der Waals surface area (Å²) >= 11 is 5.19. The van der Waals surface area contributed by atoms with Crippen molar-refractivity contribution in [3.05, 3.63) is 20.3 Å². The topological polar surface area (TPSA) is 29.5 Å². The molecular formula is C13H19BrO2S. The Labute approximate surface area is 115 Å². The molecule has 0 spiro atoms. The van der Waals surface area contributed by atoms with E-state index >= 15 is 0 Å². The van der Waals surface area contributed by atoms with Gasteiger partial charge in [-0.1, -0.05) is 0 Å². The van der Waals surface area contributed by atoms with Crippen LogP contribution in [0.3, 0.4) is 0 Å². The highest BCUT2D eigenvalue weighted by Gasteiger charge is 2.32. The minimum atomic E-state index is -0.323. The quantitative estimate of drug-likeness (QED) is 0.887. The summed E-state index contributed by atoms with van der Waals surface area (Å²) in [7, 11) is 0. The molecule has 1 unspecified atom stereocenters. The molecule has 0 aromatic carbocycles. The van der Waals surface area contributed by atoms with E-state index in [-0.39, 0.29) is 6.10 Å². The summed E-state index contributed by atoms with van der Waals surface area (Å²) in [4.78, 5) is 2.31. The summed E-state index contributed by atoms with van der Waals surface area (Å²) in [5.41, 5.74) is 0. The van der Waals surface area contributed by atoms with E-state index in [2.05, 4.69) is 28.9 Å². The molecule has 1 atom stereocenters. The third kappa shape index (κ3) is 3.31. The number of aryl methyl sites for hydroxylation is 1. The molecule has 0 aliphatic heterocycles. The van der Waals surface area contributed by atoms with Gasteiger partial charge in [0.1, 0.15) is 0 Å². The molecule has 0 amide bonds. The second kappa shape index (κ2) is 5.83. The second-order valence-corrected chi connectivity index (χ2v) is 6.88. The number of hydrogen-bond acceptors (Lipinski definition) is 3. The van der Waals surface area contributed by atoms with Gasteiger partial charge in [-0.05, 0) is 61.0 Å². The Morgan fingerprint density at radius 1 is 1.59 bits per heavy atom. The zero-order valence-corrected chi connectivity index (χ0v) is 12.7. The van der Waals surface area contributed by atoms with Crippen molar-refractivity contribution in [3.8, 4) is 0 Å². The molecule has 1 fully saturated rings. The monoisotopic (exact) mass is 318 g/mol. The average Bonchev–Trinajstić information content (AvgIpc) is 2.54. The van der Waals surface area contributed by atoms with Crippen molar-refractivity contribution < 1.29 is 9.84 Å². The molecule has 2 rings (SSSR count). The van der Waals surface area contributed by atoms with Crippen LogP contribution in [0.15, 0.2) is 10.5 Å². The molecule has 0 radical (unpaired) electrons. The maximum atomic E-state index is 10.2. The van der Waals surface area contributed by atoms with Gasteiger partial charge < -0.3 is 9.84 Å². The Morgan fingerprint density at radius 3 is 2.82 bits per heavy atom. The molecule has 17 heavy (non-hydrogen) atoms. The number of ether oxygens (including phenoxy) is 1. The van der Waals surface area contributed by atoms with Gasteiger partial charge in [0, 0.05) is 20.8 Å². The molecule has 1 aliphatic carbocycles. The highest BCUT2D eigenvalue weighted by Crippen LogP contribution is 2.40. The van der Waals surface area contributed by atoms with Gasteiger partial charge in [-0.3, -0.25) is 0 Å². The van der Waals surface area contributed by atoms with Crippen LogP contribution in [0.2, 0.25) is 0 Å². The molecule has 1 N–H and O–H groups in total. The minimum absolute atomic E-state index is 0.323. The Balaban J connectivity index is 1.82. The van der Waals surface area contributed by atoms with Crippen LogP contribution in [0.1, 0.15) is 42.0 Å². The van der Waals surface area contributed by atoms with Crippen molar-refractivity contribution in [2.24, 2.45) is 5.92 Å². The van der Waals surface area contributed by atoms with Gasteiger partial charge in [-0.2, -0.15) is 0 Å². The van der Waals surface area contributed by atoms with Crippen molar-refractivity contribution in [1.29, 1.82) is 0 Å². The molecule has 1 heterocycles. The van der Waals surface area contributed by atoms with Gasteiger partial charge in [0.05, 0.1) is 12.2 Å². The normalized spacial score (nSPS) is 25.6. The lowest BCUT2D eigenvalue weighted by Crippen LogP contribution is -2.32. The zero-order chi connectivity index (χ0) is 12.4. The predicted molar refractivity (Wildman–Crippen MR) is 74.5 cm³/mol. The first kappa shape index (κ1) is 13.5. The molecule has 0 bridgehead atoms. The van der Waals surface area contributed by atoms with Crippen LogP contribution in [0.25, 0.3) is 0 Å². The predicted octanol–water partition coefficient (Wildman–Crippen LogP) is 4.06. The lowest BCUT2D eigenvalue weighted by molar-refractivity contribution is -0.0377. The standard InChI is InChI=1S/C13H19BrO2S/c1-3-16-10-5-9(6-10)7-12(15)13-11(14)4-8(2)17-13/h4,9-10,12,15H,3,5-7H2,1-2H3. The molecule has 4 heteroatoms. The van der Waals surface area contributed by atoms with Crippen molar-refractivity contribution in [3.63, 3.8) is 0 Å². The Kier molecular flexibility index (Phi) is 4.64. The Morgan fingerprint density at radius 2 is 2.29 bits per heavy atom. The van der Waals surface area contributed by atoms with Crippen LogP contribution in [-0.4, -0.2) is 17.8 Å². The summed E-state index contributed by atoms with van der Waals surface area (Å²) in [6, 6.07) is 2.08. The third-order valence-corrected chi connectivity index (χ3v) is 5.36. The van der Waals surface area contributed by atoms with Crippen molar-refractivity contribution in [1.82, 2.24) is 0 Å². The highest BCUT2D eigenvalue weighted by molar-refractivity contribution is 9.10. The van der Waals surface area contributed by atoms with E-state index in [1.807, 2.05) is 6.92 Å². The first-order chi connectivity index (χ1) is 8.10. The maximum Gasteiger partial charge on any atom is 0.0896 e. The van der Waals surface area contributed by atoms with Gasteiger partial charge in [0.25, 0.3) is 0 Å². The molecule has 1 saturated carbocycles. The maximum absolute atomic E-state index is 10.2. The lowest BCUT2D eigenvalue weighted by Gasteiger charge is -2.36. The SMILES string of the molecule is CCOC1CC(CC(O)c2sc(C)cc2Br)C1. The van der Waals surface area contributed by atoms with Crippen LogP contribution in [0.4, 0.5) is 0 Å². The van der Waals surface area contributed by atoms with Gasteiger partial charge >= 0.3 is 0 Å². The van der Waals surface area contributed by atoms with Crippen LogP contribution in [0, 0.1) is 12.8 Å². The third-order valence-electron chi connectivity index (χ3n) is 3.29. The summed E-state index contributed by atoms with van der Waals surface area (Å²) in [6.07, 6.45) is 3.18. The van der Waals surface area contributed by atoms with Crippen LogP contribution in [0.5, 0.6) is 0 Å². The number of aliphatic hydroxyl groups excluding tert-OH is 1. The number of hydrogen-bond donors (Lipinski definition) is 1.